The Morgan fingerprint density at radius 1 is 1.05 bits per heavy atom. The number of benzene rings is 2. The summed E-state index contributed by atoms with van der Waals surface area (Å²) in [4.78, 5) is 33.0. The number of amides is 1. The zero-order chi connectivity index (χ0) is 29.9. The molecule has 12 nitrogen and oxygen atoms in total. The summed E-state index contributed by atoms with van der Waals surface area (Å²) in [5.74, 6) is 0.735. The fourth-order valence-electron chi connectivity index (χ4n) is 4.65. The number of aryl methyl sites for hydroxylation is 1. The number of carbonyl (C=O) groups is 2. The van der Waals surface area contributed by atoms with Gasteiger partial charge in [0.2, 0.25) is 0 Å². The molecule has 0 aliphatic carbocycles. The van der Waals surface area contributed by atoms with Gasteiger partial charge in [0.05, 0.1) is 16.6 Å². The Morgan fingerprint density at radius 2 is 1.83 bits per heavy atom. The fourth-order valence-corrected chi connectivity index (χ4v) is 4.65. The SMILES string of the molecule is CC(C)(C)OC(=O)NCCCCn1nc(-c2cc3ccc(OCc4ccccc4)cc3n2C(=O)O)c2c(N)ncnc21. The molecule has 12 heteroatoms. The molecule has 0 aliphatic heterocycles. The van der Waals surface area contributed by atoms with Crippen molar-refractivity contribution in [2.24, 2.45) is 0 Å². The summed E-state index contributed by atoms with van der Waals surface area (Å²) in [6.07, 6.45) is 1.04. The van der Waals surface area contributed by atoms with Crippen LogP contribution >= 0.6 is 0 Å². The van der Waals surface area contributed by atoms with Crippen LogP contribution in [0.4, 0.5) is 15.4 Å². The molecule has 5 rings (SSSR count). The predicted molar refractivity (Wildman–Crippen MR) is 158 cm³/mol. The third-order valence-corrected chi connectivity index (χ3v) is 6.48. The van der Waals surface area contributed by atoms with Crippen molar-refractivity contribution in [2.75, 3.05) is 12.3 Å². The van der Waals surface area contributed by atoms with Crippen LogP contribution < -0.4 is 15.8 Å². The number of hydrogen-bond acceptors (Lipinski definition) is 8. The van der Waals surface area contributed by atoms with Crippen molar-refractivity contribution in [3.63, 3.8) is 0 Å². The van der Waals surface area contributed by atoms with Crippen molar-refractivity contribution in [3.8, 4) is 17.1 Å². The zero-order valence-corrected chi connectivity index (χ0v) is 23.7. The number of alkyl carbamates (subject to hydrolysis) is 1. The Kier molecular flexibility index (Phi) is 7.96. The van der Waals surface area contributed by atoms with Crippen molar-refractivity contribution in [2.45, 2.75) is 52.4 Å². The Balaban J connectivity index is 1.41. The van der Waals surface area contributed by atoms with Gasteiger partial charge in [-0.3, -0.25) is 0 Å². The smallest absolute Gasteiger partial charge is 0.416 e. The van der Waals surface area contributed by atoms with Crippen LogP contribution in [0.3, 0.4) is 0 Å². The number of carbonyl (C=O) groups excluding carboxylic acids is 1. The number of anilines is 1. The molecule has 3 heterocycles. The van der Waals surface area contributed by atoms with Crippen LogP contribution in [0.1, 0.15) is 39.2 Å². The van der Waals surface area contributed by atoms with E-state index in [4.69, 9.17) is 20.3 Å². The fraction of sp³-hybridized carbons (Fsp3) is 0.300. The van der Waals surface area contributed by atoms with Gasteiger partial charge in [-0.15, -0.1) is 0 Å². The standard InChI is InChI=1S/C30H33N7O5/c1-30(2,3)42-28(38)32-13-7-8-14-36-27-24(26(31)33-18-34-27)25(35-36)23-15-20-11-12-21(16-22(20)37(23)29(39)40)41-17-19-9-5-4-6-10-19/h4-6,9-12,15-16,18H,7-8,13-14,17H2,1-3H3,(H,32,38)(H,39,40)(H2,31,33,34). The molecule has 5 aromatic rings. The van der Waals surface area contributed by atoms with E-state index in [1.807, 2.05) is 57.2 Å². The van der Waals surface area contributed by atoms with Gasteiger partial charge in [0, 0.05) is 24.5 Å². The van der Waals surface area contributed by atoms with Crippen LogP contribution in [-0.4, -0.2) is 53.8 Å². The Morgan fingerprint density at radius 3 is 2.57 bits per heavy atom. The molecule has 3 aromatic heterocycles. The lowest BCUT2D eigenvalue weighted by atomic mass is 10.2. The number of fused-ring (bicyclic) bond motifs is 2. The minimum absolute atomic E-state index is 0.196. The van der Waals surface area contributed by atoms with E-state index in [9.17, 15) is 14.7 Å². The van der Waals surface area contributed by atoms with Gasteiger partial charge in [0.1, 0.15) is 35.8 Å². The largest absolute Gasteiger partial charge is 0.489 e. The summed E-state index contributed by atoms with van der Waals surface area (Å²) in [6, 6.07) is 16.8. The summed E-state index contributed by atoms with van der Waals surface area (Å²) in [5, 5.41) is 18.9. The molecule has 0 spiro atoms. The molecule has 218 valence electrons. The summed E-state index contributed by atoms with van der Waals surface area (Å²) < 4.78 is 14.1. The number of unbranched alkanes of at least 4 members (excludes halogenated alkanes) is 1. The maximum absolute atomic E-state index is 12.6. The second-order valence-electron chi connectivity index (χ2n) is 10.8. The molecule has 2 aromatic carbocycles. The van der Waals surface area contributed by atoms with Crippen LogP contribution in [0.2, 0.25) is 0 Å². The summed E-state index contributed by atoms with van der Waals surface area (Å²) in [6.45, 7) is 6.67. The van der Waals surface area contributed by atoms with Crippen LogP contribution in [0, 0.1) is 0 Å². The normalized spacial score (nSPS) is 11.6. The number of nitrogens with one attached hydrogen (secondary N) is 1. The first-order valence-electron chi connectivity index (χ1n) is 13.6. The molecule has 42 heavy (non-hydrogen) atoms. The number of ether oxygens (including phenoxy) is 2. The van der Waals surface area contributed by atoms with Gasteiger partial charge in [0.25, 0.3) is 0 Å². The molecule has 1 amide bonds. The topological polar surface area (TPSA) is 159 Å². The average molecular weight is 572 g/mol. The first-order chi connectivity index (χ1) is 20.1. The second-order valence-corrected chi connectivity index (χ2v) is 10.8. The van der Waals surface area contributed by atoms with E-state index in [1.54, 1.807) is 22.9 Å². The molecule has 4 N–H and O–H groups in total. The highest BCUT2D eigenvalue weighted by Gasteiger charge is 2.24. The quantitative estimate of drug-likeness (QED) is 0.196. The predicted octanol–water partition coefficient (Wildman–Crippen LogP) is 5.44. The first kappa shape index (κ1) is 28.4. The van der Waals surface area contributed by atoms with Gasteiger partial charge >= 0.3 is 12.2 Å². The average Bonchev–Trinajstić information content (AvgIpc) is 3.50. The summed E-state index contributed by atoms with van der Waals surface area (Å²) >= 11 is 0. The number of carboxylic acid groups (broad SMARTS) is 1. The molecule has 0 saturated heterocycles. The van der Waals surface area contributed by atoms with Gasteiger partial charge in [-0.1, -0.05) is 30.3 Å². The number of rotatable bonds is 9. The van der Waals surface area contributed by atoms with Crippen LogP contribution in [0.25, 0.3) is 33.3 Å². The summed E-state index contributed by atoms with van der Waals surface area (Å²) in [7, 11) is 0. The molecule has 0 radical (unpaired) electrons. The van der Waals surface area contributed by atoms with E-state index < -0.39 is 17.8 Å². The number of aromatic nitrogens is 5. The molecular weight excluding hydrogens is 538 g/mol. The number of nitrogens with two attached hydrogens (primary N) is 1. The monoisotopic (exact) mass is 571 g/mol. The van der Waals surface area contributed by atoms with Crippen LogP contribution in [-0.2, 0) is 17.9 Å². The van der Waals surface area contributed by atoms with Crippen molar-refractivity contribution in [1.82, 2.24) is 29.6 Å². The van der Waals surface area contributed by atoms with E-state index >= 15 is 0 Å². The number of nitrogens with zero attached hydrogens (tertiary/aromatic N) is 5. The lowest BCUT2D eigenvalue weighted by molar-refractivity contribution is 0.0526. The maximum atomic E-state index is 12.6. The van der Waals surface area contributed by atoms with E-state index in [1.165, 1.54) is 10.9 Å². The molecule has 0 saturated carbocycles. The second kappa shape index (κ2) is 11.8. The van der Waals surface area contributed by atoms with E-state index in [-0.39, 0.29) is 5.82 Å². The van der Waals surface area contributed by atoms with Crippen LogP contribution in [0.5, 0.6) is 5.75 Å². The first-order valence-corrected chi connectivity index (χ1v) is 13.6. The highest BCUT2D eigenvalue weighted by Crippen LogP contribution is 2.35. The number of hydrogen-bond donors (Lipinski definition) is 3. The molecule has 0 unspecified atom stereocenters. The van der Waals surface area contributed by atoms with Gasteiger partial charge in [0.15, 0.2) is 5.65 Å². The van der Waals surface area contributed by atoms with Crippen LogP contribution in [0.15, 0.2) is 60.9 Å². The van der Waals surface area contributed by atoms with Crippen molar-refractivity contribution in [1.29, 1.82) is 0 Å². The molecule has 0 aliphatic rings. The highest BCUT2D eigenvalue weighted by atomic mass is 16.6. The van der Waals surface area contributed by atoms with E-state index in [0.29, 0.717) is 71.6 Å². The minimum Gasteiger partial charge on any atom is -0.489 e. The van der Waals surface area contributed by atoms with Crippen molar-refractivity contribution < 1.29 is 24.2 Å². The molecule has 0 fully saturated rings. The Hall–Kier alpha value is -5.13. The van der Waals surface area contributed by atoms with Gasteiger partial charge in [-0.2, -0.15) is 5.10 Å². The lowest BCUT2D eigenvalue weighted by Crippen LogP contribution is -2.33. The highest BCUT2D eigenvalue weighted by molar-refractivity contribution is 6.03. The molecule has 0 atom stereocenters. The lowest BCUT2D eigenvalue weighted by Gasteiger charge is -2.19. The van der Waals surface area contributed by atoms with E-state index in [2.05, 4.69) is 15.3 Å². The van der Waals surface area contributed by atoms with Gasteiger partial charge in [-0.05, 0) is 57.4 Å². The maximum Gasteiger partial charge on any atom is 0.416 e. The summed E-state index contributed by atoms with van der Waals surface area (Å²) in [5.41, 5.74) is 8.35. The number of nitrogen functional groups attached to an aromatic ring is 1. The Labute approximate surface area is 242 Å². The van der Waals surface area contributed by atoms with E-state index in [0.717, 1.165) is 5.56 Å². The van der Waals surface area contributed by atoms with Crippen molar-refractivity contribution >= 4 is 39.9 Å². The van der Waals surface area contributed by atoms with Gasteiger partial charge in [-0.25, -0.2) is 28.8 Å². The van der Waals surface area contributed by atoms with Gasteiger partial charge < -0.3 is 25.6 Å². The Bertz CT molecular complexity index is 1740. The van der Waals surface area contributed by atoms with Crippen molar-refractivity contribution in [3.05, 3.63) is 66.5 Å². The zero-order valence-electron chi connectivity index (χ0n) is 23.7. The molecular formula is C30H33N7O5. The minimum atomic E-state index is -1.17. The third-order valence-electron chi connectivity index (χ3n) is 6.48. The molecule has 0 bridgehead atoms. The third kappa shape index (κ3) is 6.27.